The lowest BCUT2D eigenvalue weighted by Gasteiger charge is -2.31. The quantitative estimate of drug-likeness (QED) is 0.870. The maximum atomic E-state index is 5.97. The molecule has 3 heterocycles. The van der Waals surface area contributed by atoms with Gasteiger partial charge in [-0.25, -0.2) is 4.98 Å². The van der Waals surface area contributed by atoms with Gasteiger partial charge in [-0.1, -0.05) is 0 Å². The highest BCUT2D eigenvalue weighted by Gasteiger charge is 2.20. The number of aromatic nitrogens is 2. The lowest BCUT2D eigenvalue weighted by molar-refractivity contribution is 0.498. The zero-order valence-corrected chi connectivity index (χ0v) is 11.7. The molecule has 0 radical (unpaired) electrons. The summed E-state index contributed by atoms with van der Waals surface area (Å²) in [5.74, 6) is 1.98. The Morgan fingerprint density at radius 1 is 1.05 bits per heavy atom. The summed E-state index contributed by atoms with van der Waals surface area (Å²) >= 11 is 0. The molecule has 19 heavy (non-hydrogen) atoms. The van der Waals surface area contributed by atoms with Crippen LogP contribution in [0.4, 0.5) is 11.8 Å². The number of hydrogen-bond donors (Lipinski definition) is 1. The molecule has 0 atom stereocenters. The molecule has 0 aliphatic carbocycles. The van der Waals surface area contributed by atoms with Crippen LogP contribution in [0.1, 0.15) is 31.4 Å². The summed E-state index contributed by atoms with van der Waals surface area (Å²) < 4.78 is 0. The molecule has 0 bridgehead atoms. The second-order valence-corrected chi connectivity index (χ2v) is 5.69. The first-order chi connectivity index (χ1) is 9.22. The van der Waals surface area contributed by atoms with Crippen LogP contribution in [0, 0.1) is 6.92 Å². The predicted molar refractivity (Wildman–Crippen MR) is 77.6 cm³/mol. The molecule has 1 aromatic heterocycles. The Labute approximate surface area is 114 Å². The van der Waals surface area contributed by atoms with Crippen LogP contribution in [0.25, 0.3) is 0 Å². The minimum absolute atomic E-state index is 0.359. The highest BCUT2D eigenvalue weighted by atomic mass is 15.3. The Morgan fingerprint density at radius 2 is 1.74 bits per heavy atom. The average molecular weight is 261 g/mol. The Balaban J connectivity index is 1.80. The van der Waals surface area contributed by atoms with E-state index in [9.17, 15) is 0 Å². The molecule has 0 saturated carbocycles. The molecule has 5 heteroatoms. The van der Waals surface area contributed by atoms with Gasteiger partial charge in [0.15, 0.2) is 0 Å². The van der Waals surface area contributed by atoms with Crippen molar-refractivity contribution in [1.82, 2.24) is 9.97 Å². The van der Waals surface area contributed by atoms with Crippen LogP contribution in [0.15, 0.2) is 6.07 Å². The van der Waals surface area contributed by atoms with Crippen molar-refractivity contribution in [1.29, 1.82) is 0 Å². The Bertz CT molecular complexity index is 433. The van der Waals surface area contributed by atoms with E-state index < -0.39 is 0 Å². The van der Waals surface area contributed by atoms with E-state index in [4.69, 9.17) is 10.7 Å². The zero-order valence-electron chi connectivity index (χ0n) is 11.7. The van der Waals surface area contributed by atoms with Crippen LogP contribution in [0.5, 0.6) is 0 Å². The predicted octanol–water partition coefficient (Wildman–Crippen LogP) is 1.31. The summed E-state index contributed by atoms with van der Waals surface area (Å²) in [6.45, 7) is 6.26. The van der Waals surface area contributed by atoms with Crippen molar-refractivity contribution in [2.24, 2.45) is 5.73 Å². The van der Waals surface area contributed by atoms with Crippen LogP contribution in [-0.2, 0) is 0 Å². The molecule has 2 aliphatic heterocycles. The molecule has 1 aromatic rings. The zero-order chi connectivity index (χ0) is 13.2. The third-order valence-corrected chi connectivity index (χ3v) is 4.08. The monoisotopic (exact) mass is 261 g/mol. The fourth-order valence-electron chi connectivity index (χ4n) is 2.89. The number of hydrogen-bond acceptors (Lipinski definition) is 5. The highest BCUT2D eigenvalue weighted by Crippen LogP contribution is 2.22. The van der Waals surface area contributed by atoms with Crippen molar-refractivity contribution in [3.8, 4) is 0 Å². The van der Waals surface area contributed by atoms with Crippen molar-refractivity contribution in [3.05, 3.63) is 11.8 Å². The number of aryl methyl sites for hydroxylation is 1. The molecule has 3 rings (SSSR count). The molecule has 0 spiro atoms. The maximum Gasteiger partial charge on any atom is 0.227 e. The first-order valence-corrected chi connectivity index (χ1v) is 7.33. The fraction of sp³-hybridized carbons (Fsp3) is 0.714. The number of nitrogens with two attached hydrogens (primary N) is 1. The van der Waals surface area contributed by atoms with E-state index in [1.54, 1.807) is 0 Å². The molecule has 0 unspecified atom stereocenters. The van der Waals surface area contributed by atoms with Gasteiger partial charge < -0.3 is 15.5 Å². The van der Waals surface area contributed by atoms with E-state index in [1.807, 2.05) is 0 Å². The van der Waals surface area contributed by atoms with Crippen LogP contribution < -0.4 is 15.5 Å². The smallest absolute Gasteiger partial charge is 0.227 e. The topological polar surface area (TPSA) is 58.3 Å². The number of anilines is 2. The Kier molecular flexibility index (Phi) is 3.55. The first kappa shape index (κ1) is 12.7. The second kappa shape index (κ2) is 5.33. The fourth-order valence-corrected chi connectivity index (χ4v) is 2.89. The van der Waals surface area contributed by atoms with Crippen molar-refractivity contribution in [2.75, 3.05) is 36.0 Å². The van der Waals surface area contributed by atoms with Gasteiger partial charge in [-0.2, -0.15) is 4.98 Å². The summed E-state index contributed by atoms with van der Waals surface area (Å²) in [7, 11) is 0. The molecule has 5 nitrogen and oxygen atoms in total. The van der Waals surface area contributed by atoms with Crippen molar-refractivity contribution < 1.29 is 0 Å². The van der Waals surface area contributed by atoms with E-state index >= 15 is 0 Å². The number of piperidine rings is 1. The Morgan fingerprint density at radius 3 is 2.42 bits per heavy atom. The summed E-state index contributed by atoms with van der Waals surface area (Å²) in [5.41, 5.74) is 7.02. The van der Waals surface area contributed by atoms with Gasteiger partial charge in [0.05, 0.1) is 0 Å². The molecule has 2 N–H and O–H groups in total. The van der Waals surface area contributed by atoms with Crippen molar-refractivity contribution in [2.45, 2.75) is 38.6 Å². The first-order valence-electron chi connectivity index (χ1n) is 7.33. The highest BCUT2D eigenvalue weighted by molar-refractivity contribution is 5.46. The number of rotatable bonds is 2. The second-order valence-electron chi connectivity index (χ2n) is 5.69. The van der Waals surface area contributed by atoms with E-state index in [0.717, 1.165) is 56.5 Å². The van der Waals surface area contributed by atoms with E-state index in [0.29, 0.717) is 6.04 Å². The van der Waals surface area contributed by atoms with Gasteiger partial charge in [0, 0.05) is 44.0 Å². The summed E-state index contributed by atoms with van der Waals surface area (Å²) in [5, 5.41) is 0. The van der Waals surface area contributed by atoms with Gasteiger partial charge in [0.25, 0.3) is 0 Å². The summed E-state index contributed by atoms with van der Waals surface area (Å²) in [4.78, 5) is 14.0. The minimum Gasteiger partial charge on any atom is -0.356 e. The van der Waals surface area contributed by atoms with E-state index in [-0.39, 0.29) is 0 Å². The van der Waals surface area contributed by atoms with Crippen LogP contribution in [0.2, 0.25) is 0 Å². The maximum absolute atomic E-state index is 5.97. The molecule has 2 aliphatic rings. The van der Waals surface area contributed by atoms with Gasteiger partial charge >= 0.3 is 0 Å². The summed E-state index contributed by atoms with van der Waals surface area (Å²) in [6, 6.07) is 2.45. The average Bonchev–Trinajstić information content (AvgIpc) is 2.93. The van der Waals surface area contributed by atoms with E-state index in [1.165, 1.54) is 12.8 Å². The van der Waals surface area contributed by atoms with Crippen LogP contribution in [-0.4, -0.2) is 42.2 Å². The van der Waals surface area contributed by atoms with Gasteiger partial charge in [-0.05, 0) is 32.6 Å². The largest absolute Gasteiger partial charge is 0.356 e. The molecular weight excluding hydrogens is 238 g/mol. The normalized spacial score (nSPS) is 21.2. The lowest BCUT2D eigenvalue weighted by Crippen LogP contribution is -2.40. The van der Waals surface area contributed by atoms with Crippen molar-refractivity contribution >= 4 is 11.8 Å². The SMILES string of the molecule is Cc1cc(N2CCC(N)CC2)nc(N2CCCC2)n1. The molecular formula is C14H23N5. The van der Waals surface area contributed by atoms with E-state index in [2.05, 4.69) is 27.8 Å². The number of nitrogens with zero attached hydrogens (tertiary/aromatic N) is 4. The molecule has 2 fully saturated rings. The minimum atomic E-state index is 0.359. The lowest BCUT2D eigenvalue weighted by atomic mass is 10.1. The molecule has 0 amide bonds. The standard InChI is InChI=1S/C14H23N5/c1-11-10-13(18-8-4-12(15)5-9-18)17-14(16-11)19-6-2-3-7-19/h10,12H,2-9,15H2,1H3. The van der Waals surface area contributed by atoms with Gasteiger partial charge in [-0.3, -0.25) is 0 Å². The van der Waals surface area contributed by atoms with Gasteiger partial charge in [0.2, 0.25) is 5.95 Å². The van der Waals surface area contributed by atoms with Gasteiger partial charge in [-0.15, -0.1) is 0 Å². The van der Waals surface area contributed by atoms with Gasteiger partial charge in [0.1, 0.15) is 5.82 Å². The third kappa shape index (κ3) is 2.81. The molecule has 104 valence electrons. The van der Waals surface area contributed by atoms with Crippen LogP contribution >= 0.6 is 0 Å². The Hall–Kier alpha value is -1.36. The molecule has 2 saturated heterocycles. The van der Waals surface area contributed by atoms with Crippen LogP contribution in [0.3, 0.4) is 0 Å². The summed E-state index contributed by atoms with van der Waals surface area (Å²) in [6.07, 6.45) is 4.63. The molecule has 0 aromatic carbocycles. The van der Waals surface area contributed by atoms with Crippen molar-refractivity contribution in [3.63, 3.8) is 0 Å². The third-order valence-electron chi connectivity index (χ3n) is 4.08.